The predicted molar refractivity (Wildman–Crippen MR) is 232 cm³/mol. The first-order valence-corrected chi connectivity index (χ1v) is 19.0. The van der Waals surface area contributed by atoms with Crippen molar-refractivity contribution in [2.75, 3.05) is 0 Å². The van der Waals surface area contributed by atoms with Crippen molar-refractivity contribution in [3.8, 4) is 28.2 Å². The topological polar surface area (TPSA) is 36.3 Å². The summed E-state index contributed by atoms with van der Waals surface area (Å²) in [5.41, 5.74) is 12.7. The Kier molecular flexibility index (Phi) is 6.42. The number of hydrogen-bond donors (Lipinski definition) is 0. The summed E-state index contributed by atoms with van der Waals surface area (Å²) in [5, 5.41) is 6.60. The number of nitrogens with zero attached hydrogens (tertiary/aromatic N) is 4. The van der Waals surface area contributed by atoms with Crippen LogP contribution in [-0.2, 0) is 0 Å². The molecule has 5 nitrogen and oxygen atoms in total. The SMILES string of the molecule is O=c1c2ccccc2n2c3ccccc3cc2n1-c1cccc(-n2c3ccccc3c3cc(-c4ccc5c(c4)c4ccccc4n5-c4ccccc4)ccc32)c1. The van der Waals surface area contributed by atoms with Gasteiger partial charge in [-0.3, -0.25) is 13.8 Å². The third kappa shape index (κ3) is 4.34. The van der Waals surface area contributed by atoms with Gasteiger partial charge in [0.25, 0.3) is 5.56 Å². The minimum absolute atomic E-state index is 0.0382. The van der Waals surface area contributed by atoms with E-state index in [1.54, 1.807) is 0 Å². The molecular formula is C51H32N4O. The van der Waals surface area contributed by atoms with Gasteiger partial charge in [0, 0.05) is 38.3 Å². The van der Waals surface area contributed by atoms with Crippen molar-refractivity contribution >= 4 is 71.1 Å². The van der Waals surface area contributed by atoms with Crippen LogP contribution in [0.15, 0.2) is 199 Å². The average Bonchev–Trinajstić information content (AvgIpc) is 3.92. The number of benzene rings is 8. The molecule has 0 fully saturated rings. The average molecular weight is 717 g/mol. The molecule has 12 rings (SSSR count). The minimum atomic E-state index is -0.0382. The first kappa shape index (κ1) is 30.8. The summed E-state index contributed by atoms with van der Waals surface area (Å²) in [7, 11) is 0. The Morgan fingerprint density at radius 1 is 0.304 bits per heavy atom. The summed E-state index contributed by atoms with van der Waals surface area (Å²) < 4.78 is 8.75. The van der Waals surface area contributed by atoms with Crippen LogP contribution in [-0.4, -0.2) is 18.1 Å². The van der Waals surface area contributed by atoms with E-state index < -0.39 is 0 Å². The second-order valence-electron chi connectivity index (χ2n) is 14.6. The first-order valence-electron chi connectivity index (χ1n) is 19.0. The lowest BCUT2D eigenvalue weighted by atomic mass is 10.0. The Bertz CT molecular complexity index is 3620. The van der Waals surface area contributed by atoms with Crippen LogP contribution in [0.25, 0.3) is 99.3 Å². The van der Waals surface area contributed by atoms with Crippen LogP contribution in [0.3, 0.4) is 0 Å². The third-order valence-electron chi connectivity index (χ3n) is 11.5. The van der Waals surface area contributed by atoms with Crippen molar-refractivity contribution in [2.24, 2.45) is 0 Å². The highest BCUT2D eigenvalue weighted by Crippen LogP contribution is 2.38. The van der Waals surface area contributed by atoms with Crippen LogP contribution in [0.5, 0.6) is 0 Å². The number of para-hydroxylation sites is 5. The van der Waals surface area contributed by atoms with Gasteiger partial charge in [0.15, 0.2) is 0 Å². The molecule has 12 aromatic rings. The van der Waals surface area contributed by atoms with Crippen LogP contribution in [0.4, 0.5) is 0 Å². The maximum Gasteiger partial charge on any atom is 0.266 e. The molecule has 0 saturated carbocycles. The second-order valence-corrected chi connectivity index (χ2v) is 14.6. The fourth-order valence-electron chi connectivity index (χ4n) is 9.09. The molecule has 0 atom stereocenters. The fourth-order valence-corrected chi connectivity index (χ4v) is 9.09. The Morgan fingerprint density at radius 3 is 1.45 bits per heavy atom. The van der Waals surface area contributed by atoms with E-state index in [2.05, 4.69) is 171 Å². The highest BCUT2D eigenvalue weighted by molar-refractivity contribution is 6.12. The summed E-state index contributed by atoms with van der Waals surface area (Å²) in [6.45, 7) is 0. The zero-order valence-electron chi connectivity index (χ0n) is 30.2. The van der Waals surface area contributed by atoms with Gasteiger partial charge in [0.2, 0.25) is 0 Å². The van der Waals surface area contributed by atoms with Gasteiger partial charge in [-0.25, -0.2) is 0 Å². The molecule has 0 amide bonds. The van der Waals surface area contributed by atoms with Crippen molar-refractivity contribution in [2.45, 2.75) is 0 Å². The maximum absolute atomic E-state index is 14.4. The molecule has 0 aliphatic rings. The normalized spacial score (nSPS) is 12.0. The molecule has 0 spiro atoms. The highest BCUT2D eigenvalue weighted by Gasteiger charge is 2.19. The Labute approximate surface area is 320 Å². The summed E-state index contributed by atoms with van der Waals surface area (Å²) in [6.07, 6.45) is 0. The van der Waals surface area contributed by atoms with Crippen molar-refractivity contribution in [3.05, 3.63) is 204 Å². The first-order chi connectivity index (χ1) is 27.7. The summed E-state index contributed by atoms with van der Waals surface area (Å²) >= 11 is 0. The van der Waals surface area contributed by atoms with Crippen LogP contribution < -0.4 is 5.56 Å². The zero-order chi connectivity index (χ0) is 36.9. The predicted octanol–water partition coefficient (Wildman–Crippen LogP) is 12.3. The lowest BCUT2D eigenvalue weighted by molar-refractivity contribution is 1.00. The van der Waals surface area contributed by atoms with Gasteiger partial charge in [0.05, 0.1) is 44.2 Å². The summed E-state index contributed by atoms with van der Waals surface area (Å²) in [5.74, 6) is 0. The summed E-state index contributed by atoms with van der Waals surface area (Å²) in [4.78, 5) is 14.4. The van der Waals surface area contributed by atoms with E-state index in [1.165, 1.54) is 38.1 Å². The van der Waals surface area contributed by atoms with Crippen molar-refractivity contribution in [3.63, 3.8) is 0 Å². The van der Waals surface area contributed by atoms with Crippen LogP contribution in [0.1, 0.15) is 0 Å². The van der Waals surface area contributed by atoms with Gasteiger partial charge < -0.3 is 9.13 Å². The lowest BCUT2D eigenvalue weighted by Crippen LogP contribution is -2.21. The molecule has 0 radical (unpaired) electrons. The standard InChI is InChI=1S/C51H32N4O/c56-51-41-20-7-11-24-47(41)55-44-21-8-4-13-35(44)31-50(55)54(51)38-17-12-16-37(32-38)53-46-23-10-6-19-40(46)43-30-34(26-28-49(43)53)33-25-27-48-42(29-33)39-18-5-9-22-45(39)52(48)36-14-2-1-3-15-36/h1-32H. The Hall–Kier alpha value is -7.63. The molecule has 0 saturated heterocycles. The highest BCUT2D eigenvalue weighted by atomic mass is 16.1. The second kappa shape index (κ2) is 11.7. The fraction of sp³-hybridized carbons (Fsp3) is 0. The number of fused-ring (bicyclic) bond motifs is 11. The van der Waals surface area contributed by atoms with Crippen molar-refractivity contribution in [1.29, 1.82) is 0 Å². The molecule has 8 aromatic carbocycles. The maximum atomic E-state index is 14.4. The molecular weight excluding hydrogens is 685 g/mol. The smallest absolute Gasteiger partial charge is 0.266 e. The zero-order valence-corrected chi connectivity index (χ0v) is 30.2. The van der Waals surface area contributed by atoms with Gasteiger partial charge in [-0.15, -0.1) is 0 Å². The molecule has 0 aliphatic carbocycles. The monoisotopic (exact) mass is 716 g/mol. The number of hydrogen-bond acceptors (Lipinski definition) is 1. The van der Waals surface area contributed by atoms with Gasteiger partial charge in [-0.1, -0.05) is 103 Å². The van der Waals surface area contributed by atoms with E-state index in [0.29, 0.717) is 5.39 Å². The molecule has 0 unspecified atom stereocenters. The Balaban J connectivity index is 1.04. The van der Waals surface area contributed by atoms with E-state index in [4.69, 9.17) is 0 Å². The molecule has 0 N–H and O–H groups in total. The molecule has 0 bridgehead atoms. The molecule has 4 heterocycles. The van der Waals surface area contributed by atoms with Crippen LogP contribution in [0, 0.1) is 0 Å². The molecule has 262 valence electrons. The van der Waals surface area contributed by atoms with E-state index >= 15 is 0 Å². The largest absolute Gasteiger partial charge is 0.309 e. The number of aromatic nitrogens is 4. The van der Waals surface area contributed by atoms with Gasteiger partial charge >= 0.3 is 0 Å². The van der Waals surface area contributed by atoms with E-state index in [0.717, 1.165) is 55.7 Å². The molecule has 56 heavy (non-hydrogen) atoms. The quantitative estimate of drug-likeness (QED) is 0.179. The van der Waals surface area contributed by atoms with Gasteiger partial charge in [0.1, 0.15) is 5.65 Å². The molecule has 4 aromatic heterocycles. The van der Waals surface area contributed by atoms with Crippen molar-refractivity contribution in [1.82, 2.24) is 18.1 Å². The Morgan fingerprint density at radius 2 is 0.786 bits per heavy atom. The minimum Gasteiger partial charge on any atom is -0.309 e. The van der Waals surface area contributed by atoms with Gasteiger partial charge in [-0.2, -0.15) is 0 Å². The molecule has 0 aliphatic heterocycles. The third-order valence-corrected chi connectivity index (χ3v) is 11.5. The number of rotatable bonds is 4. The van der Waals surface area contributed by atoms with Crippen LogP contribution in [0.2, 0.25) is 0 Å². The molecule has 5 heteroatoms. The van der Waals surface area contributed by atoms with E-state index in [1.807, 2.05) is 41.0 Å². The van der Waals surface area contributed by atoms with Crippen LogP contribution >= 0.6 is 0 Å². The van der Waals surface area contributed by atoms with E-state index in [9.17, 15) is 4.79 Å². The van der Waals surface area contributed by atoms with Gasteiger partial charge in [-0.05, 0) is 102 Å². The van der Waals surface area contributed by atoms with Crippen molar-refractivity contribution < 1.29 is 0 Å². The summed E-state index contributed by atoms with van der Waals surface area (Å²) in [6, 6.07) is 68.2. The lowest BCUT2D eigenvalue weighted by Gasteiger charge is -2.15. The van der Waals surface area contributed by atoms with E-state index in [-0.39, 0.29) is 5.56 Å².